The van der Waals surface area contributed by atoms with E-state index in [1.165, 1.54) is 0 Å². The first kappa shape index (κ1) is 13.7. The molecule has 0 aliphatic carbocycles. The van der Waals surface area contributed by atoms with Gasteiger partial charge in [-0.2, -0.15) is 0 Å². The molecule has 0 aromatic heterocycles. The number of nitrogens with one attached hydrogen (secondary N) is 1. The Morgan fingerprint density at radius 3 is 2.59 bits per heavy atom. The summed E-state index contributed by atoms with van der Waals surface area (Å²) in [6.45, 7) is 3.37. The van der Waals surface area contributed by atoms with Gasteiger partial charge in [0.1, 0.15) is 0 Å². The molecule has 7 heteroatoms. The first-order chi connectivity index (χ1) is 7.95. The van der Waals surface area contributed by atoms with E-state index in [-0.39, 0.29) is 6.04 Å². The molecule has 1 heterocycles. The fraction of sp³-hybridized carbons (Fsp3) is 0.800. The van der Waals surface area contributed by atoms with Crippen LogP contribution in [0.25, 0.3) is 0 Å². The number of hydrogen-bond donors (Lipinski definition) is 3. The van der Waals surface area contributed by atoms with E-state index >= 15 is 0 Å². The molecule has 0 spiro atoms. The van der Waals surface area contributed by atoms with E-state index in [4.69, 9.17) is 10.2 Å². The number of carboxylic acid groups (broad SMARTS) is 1. The van der Waals surface area contributed by atoms with Crippen LogP contribution in [0.1, 0.15) is 6.92 Å². The average Bonchev–Trinajstić information content (AvgIpc) is 2.24. The van der Waals surface area contributed by atoms with Crippen molar-refractivity contribution < 1.29 is 19.8 Å². The summed E-state index contributed by atoms with van der Waals surface area (Å²) in [5, 5.41) is 19.9. The van der Waals surface area contributed by atoms with Crippen molar-refractivity contribution in [2.45, 2.75) is 19.0 Å². The van der Waals surface area contributed by atoms with Crippen molar-refractivity contribution in [2.75, 3.05) is 33.3 Å². The average molecular weight is 245 g/mol. The van der Waals surface area contributed by atoms with Gasteiger partial charge in [0.15, 0.2) is 6.04 Å². The first-order valence-corrected chi connectivity index (χ1v) is 5.55. The molecule has 0 radical (unpaired) electrons. The van der Waals surface area contributed by atoms with Gasteiger partial charge in [0.25, 0.3) is 0 Å². The minimum atomic E-state index is -1.24. The SMILES string of the molecule is CC1CN(C)CCN1C(=O)N[C@@H](CO)C(=O)O. The Balaban J connectivity index is 2.55. The highest BCUT2D eigenvalue weighted by molar-refractivity contribution is 5.82. The van der Waals surface area contributed by atoms with Crippen molar-refractivity contribution in [1.82, 2.24) is 15.1 Å². The molecule has 1 rings (SSSR count). The number of aliphatic hydroxyl groups excluding tert-OH is 1. The topological polar surface area (TPSA) is 93.1 Å². The van der Waals surface area contributed by atoms with Crippen LogP contribution >= 0.6 is 0 Å². The van der Waals surface area contributed by atoms with Gasteiger partial charge >= 0.3 is 12.0 Å². The molecule has 1 unspecified atom stereocenters. The molecular formula is C10H19N3O4. The smallest absolute Gasteiger partial charge is 0.328 e. The summed E-state index contributed by atoms with van der Waals surface area (Å²) in [6, 6.07) is -1.65. The lowest BCUT2D eigenvalue weighted by atomic mass is 10.2. The molecule has 17 heavy (non-hydrogen) atoms. The molecule has 0 saturated carbocycles. The van der Waals surface area contributed by atoms with E-state index < -0.39 is 24.6 Å². The molecule has 2 amide bonds. The summed E-state index contributed by atoms with van der Waals surface area (Å²) in [5.41, 5.74) is 0. The molecule has 7 nitrogen and oxygen atoms in total. The third kappa shape index (κ3) is 3.57. The molecule has 1 saturated heterocycles. The fourth-order valence-electron chi connectivity index (χ4n) is 1.86. The molecule has 98 valence electrons. The third-order valence-corrected chi connectivity index (χ3v) is 2.87. The molecule has 3 N–H and O–H groups in total. The number of piperazine rings is 1. The van der Waals surface area contributed by atoms with Gasteiger partial charge in [-0.1, -0.05) is 0 Å². The van der Waals surface area contributed by atoms with Crippen molar-refractivity contribution in [2.24, 2.45) is 0 Å². The quantitative estimate of drug-likeness (QED) is 0.579. The van der Waals surface area contributed by atoms with Crippen LogP contribution in [-0.2, 0) is 4.79 Å². The highest BCUT2D eigenvalue weighted by Crippen LogP contribution is 2.08. The summed E-state index contributed by atoms with van der Waals surface area (Å²) in [6.07, 6.45) is 0. The minimum absolute atomic E-state index is 0.0295. The van der Waals surface area contributed by atoms with Gasteiger partial charge < -0.3 is 25.3 Å². The van der Waals surface area contributed by atoms with Crippen LogP contribution in [0.4, 0.5) is 4.79 Å². The summed E-state index contributed by atoms with van der Waals surface area (Å²) in [7, 11) is 1.97. The van der Waals surface area contributed by atoms with Crippen LogP contribution in [0.15, 0.2) is 0 Å². The van der Waals surface area contributed by atoms with Gasteiger partial charge in [-0.25, -0.2) is 9.59 Å². The second-order valence-corrected chi connectivity index (χ2v) is 4.33. The van der Waals surface area contributed by atoms with Gasteiger partial charge in [-0.05, 0) is 14.0 Å². The van der Waals surface area contributed by atoms with Crippen molar-refractivity contribution in [3.8, 4) is 0 Å². The van der Waals surface area contributed by atoms with Crippen molar-refractivity contribution in [1.29, 1.82) is 0 Å². The summed E-state index contributed by atoms with van der Waals surface area (Å²) in [5.74, 6) is -1.23. The maximum absolute atomic E-state index is 11.8. The fourth-order valence-corrected chi connectivity index (χ4v) is 1.86. The van der Waals surface area contributed by atoms with Gasteiger partial charge in [-0.3, -0.25) is 0 Å². The predicted molar refractivity (Wildman–Crippen MR) is 60.7 cm³/mol. The van der Waals surface area contributed by atoms with Crippen molar-refractivity contribution >= 4 is 12.0 Å². The number of hydrogen-bond acceptors (Lipinski definition) is 4. The standard InChI is InChI=1S/C10H19N3O4/c1-7-5-12(2)3-4-13(7)10(17)11-8(6-14)9(15)16/h7-8,14H,3-6H2,1-2H3,(H,11,17)(H,15,16)/t7?,8-/m0/s1. The number of likely N-dealkylation sites (N-methyl/N-ethyl adjacent to an activating group) is 1. The lowest BCUT2D eigenvalue weighted by Crippen LogP contribution is -2.58. The third-order valence-electron chi connectivity index (χ3n) is 2.87. The van der Waals surface area contributed by atoms with Crippen molar-refractivity contribution in [3.05, 3.63) is 0 Å². The molecule has 1 fully saturated rings. The number of aliphatic hydroxyl groups is 1. The highest BCUT2D eigenvalue weighted by Gasteiger charge is 2.28. The van der Waals surface area contributed by atoms with E-state index in [9.17, 15) is 9.59 Å². The van der Waals surface area contributed by atoms with Crippen LogP contribution in [0.5, 0.6) is 0 Å². The van der Waals surface area contributed by atoms with E-state index in [0.29, 0.717) is 6.54 Å². The van der Waals surface area contributed by atoms with Gasteiger partial charge in [0.05, 0.1) is 6.61 Å². The van der Waals surface area contributed by atoms with Crippen LogP contribution in [0.3, 0.4) is 0 Å². The zero-order chi connectivity index (χ0) is 13.0. The normalized spacial score (nSPS) is 23.2. The van der Waals surface area contributed by atoms with Crippen LogP contribution < -0.4 is 5.32 Å². The first-order valence-electron chi connectivity index (χ1n) is 5.55. The Bertz CT molecular complexity index is 297. The second-order valence-electron chi connectivity index (χ2n) is 4.33. The van der Waals surface area contributed by atoms with Gasteiger partial charge in [0.2, 0.25) is 0 Å². The number of carboxylic acids is 1. The number of aliphatic carboxylic acids is 1. The van der Waals surface area contributed by atoms with E-state index in [1.807, 2.05) is 14.0 Å². The summed E-state index contributed by atoms with van der Waals surface area (Å²) in [4.78, 5) is 26.2. The number of carbonyl (C=O) groups excluding carboxylic acids is 1. The maximum Gasteiger partial charge on any atom is 0.328 e. The van der Waals surface area contributed by atoms with E-state index in [1.54, 1.807) is 4.90 Å². The number of amides is 2. The molecule has 0 aromatic rings. The molecule has 2 atom stereocenters. The van der Waals surface area contributed by atoms with Gasteiger partial charge in [-0.15, -0.1) is 0 Å². The van der Waals surface area contributed by atoms with Gasteiger partial charge in [0, 0.05) is 25.7 Å². The number of urea groups is 1. The molecule has 0 bridgehead atoms. The molecule has 1 aliphatic heterocycles. The Kier molecular flexibility index (Phi) is 4.71. The molecule has 0 aromatic carbocycles. The minimum Gasteiger partial charge on any atom is -0.480 e. The Hall–Kier alpha value is -1.34. The monoisotopic (exact) mass is 245 g/mol. The largest absolute Gasteiger partial charge is 0.480 e. The van der Waals surface area contributed by atoms with Crippen LogP contribution in [0, 0.1) is 0 Å². The molecular weight excluding hydrogens is 226 g/mol. The second kappa shape index (κ2) is 5.83. The number of carbonyl (C=O) groups is 2. The zero-order valence-electron chi connectivity index (χ0n) is 10.1. The van der Waals surface area contributed by atoms with Crippen LogP contribution in [0.2, 0.25) is 0 Å². The summed E-state index contributed by atoms with van der Waals surface area (Å²) < 4.78 is 0. The van der Waals surface area contributed by atoms with E-state index in [2.05, 4.69) is 10.2 Å². The maximum atomic E-state index is 11.8. The predicted octanol–water partition coefficient (Wildman–Crippen LogP) is -1.22. The van der Waals surface area contributed by atoms with Crippen LogP contribution in [-0.4, -0.2) is 77.4 Å². The number of nitrogens with zero attached hydrogens (tertiary/aromatic N) is 2. The highest BCUT2D eigenvalue weighted by atomic mass is 16.4. The lowest BCUT2D eigenvalue weighted by molar-refractivity contribution is -0.140. The molecule has 1 aliphatic rings. The summed E-state index contributed by atoms with van der Waals surface area (Å²) >= 11 is 0. The Morgan fingerprint density at radius 2 is 2.12 bits per heavy atom. The Labute approximate surface area is 100.0 Å². The Morgan fingerprint density at radius 1 is 1.47 bits per heavy atom. The number of rotatable bonds is 3. The lowest BCUT2D eigenvalue weighted by Gasteiger charge is -2.38. The van der Waals surface area contributed by atoms with E-state index in [0.717, 1.165) is 13.1 Å². The van der Waals surface area contributed by atoms with Crippen molar-refractivity contribution in [3.63, 3.8) is 0 Å². The zero-order valence-corrected chi connectivity index (χ0v) is 10.1.